The van der Waals surface area contributed by atoms with Crippen molar-refractivity contribution in [2.45, 2.75) is 19.4 Å². The molecule has 100 valence electrons. The second kappa shape index (κ2) is 5.93. The molecule has 1 N–H and O–H groups in total. The number of rotatable bonds is 3. The van der Waals surface area contributed by atoms with Crippen molar-refractivity contribution in [2.75, 3.05) is 32.1 Å². The number of nitrogens with one attached hydrogen (secondary N) is 1. The van der Waals surface area contributed by atoms with Crippen LogP contribution in [0.25, 0.3) is 0 Å². The van der Waals surface area contributed by atoms with Gasteiger partial charge in [-0.15, -0.1) is 0 Å². The van der Waals surface area contributed by atoms with Crippen LogP contribution in [-0.2, 0) is 0 Å². The zero-order valence-electron chi connectivity index (χ0n) is 11.2. The van der Waals surface area contributed by atoms with Crippen LogP contribution >= 0.6 is 15.9 Å². The van der Waals surface area contributed by atoms with E-state index in [1.165, 1.54) is 12.1 Å². The number of nitrogens with zero attached hydrogens (tertiary/aromatic N) is 1. The molecule has 0 amide bonds. The molecule has 1 heterocycles. The molecule has 1 aliphatic rings. The summed E-state index contributed by atoms with van der Waals surface area (Å²) < 4.78 is 6.29. The van der Waals surface area contributed by atoms with E-state index < -0.39 is 0 Å². The van der Waals surface area contributed by atoms with Gasteiger partial charge in [-0.25, -0.2) is 0 Å². The summed E-state index contributed by atoms with van der Waals surface area (Å²) >= 11 is 3.55. The van der Waals surface area contributed by atoms with Crippen molar-refractivity contribution in [1.29, 1.82) is 0 Å². The van der Waals surface area contributed by atoms with Crippen molar-refractivity contribution < 1.29 is 4.74 Å². The molecular weight excluding hydrogens is 292 g/mol. The third kappa shape index (κ3) is 2.81. The van der Waals surface area contributed by atoms with Crippen LogP contribution in [0.15, 0.2) is 22.7 Å². The van der Waals surface area contributed by atoms with Gasteiger partial charge in [0.2, 0.25) is 0 Å². The van der Waals surface area contributed by atoms with Gasteiger partial charge in [0.05, 0.1) is 11.6 Å². The number of methoxy groups -OCH3 is 1. The minimum Gasteiger partial charge on any atom is -0.496 e. The number of halogens is 1. The van der Waals surface area contributed by atoms with Gasteiger partial charge in [0.15, 0.2) is 0 Å². The van der Waals surface area contributed by atoms with Crippen LogP contribution in [0.4, 0.5) is 5.69 Å². The smallest absolute Gasteiger partial charge is 0.133 e. The lowest BCUT2D eigenvalue weighted by molar-refractivity contribution is 0.339. The van der Waals surface area contributed by atoms with Crippen LogP contribution in [0, 0.1) is 5.92 Å². The van der Waals surface area contributed by atoms with Crippen molar-refractivity contribution in [3.05, 3.63) is 22.7 Å². The predicted molar refractivity (Wildman–Crippen MR) is 79.5 cm³/mol. The molecule has 3 nitrogen and oxygen atoms in total. The second-order valence-electron chi connectivity index (χ2n) is 4.93. The molecule has 0 radical (unpaired) electrons. The average molecular weight is 313 g/mol. The van der Waals surface area contributed by atoms with Crippen molar-refractivity contribution in [3.8, 4) is 5.75 Å². The summed E-state index contributed by atoms with van der Waals surface area (Å²) in [5.74, 6) is 1.56. The lowest BCUT2D eigenvalue weighted by Crippen LogP contribution is -2.47. The summed E-state index contributed by atoms with van der Waals surface area (Å²) in [4.78, 5) is 2.45. The standard InChI is InChI=1S/C14H21BrN2O/c1-10-9-17(7-6-13(10)16-2)11-4-5-14(18-3)12(15)8-11/h4-5,8,10,13,16H,6-7,9H2,1-3H3. The van der Waals surface area contributed by atoms with Crippen molar-refractivity contribution >= 4 is 21.6 Å². The molecule has 0 saturated carbocycles. The van der Waals surface area contributed by atoms with E-state index in [2.05, 4.69) is 52.3 Å². The number of ether oxygens (including phenoxy) is 1. The first-order valence-corrected chi connectivity index (χ1v) is 7.20. The van der Waals surface area contributed by atoms with Gasteiger partial charge in [0.1, 0.15) is 5.75 Å². The minimum atomic E-state index is 0.642. The van der Waals surface area contributed by atoms with Crippen LogP contribution in [0.1, 0.15) is 13.3 Å². The Labute approximate surface area is 118 Å². The molecule has 1 aromatic carbocycles. The summed E-state index contributed by atoms with van der Waals surface area (Å²) in [5.41, 5.74) is 1.27. The maximum atomic E-state index is 5.27. The van der Waals surface area contributed by atoms with Crippen LogP contribution in [0.2, 0.25) is 0 Å². The van der Waals surface area contributed by atoms with Crippen LogP contribution in [-0.4, -0.2) is 33.3 Å². The monoisotopic (exact) mass is 312 g/mol. The summed E-state index contributed by atoms with van der Waals surface area (Å²) in [5, 5.41) is 3.40. The fraction of sp³-hybridized carbons (Fsp3) is 0.571. The zero-order chi connectivity index (χ0) is 13.1. The van der Waals surface area contributed by atoms with E-state index in [4.69, 9.17) is 4.74 Å². The Bertz CT molecular complexity index is 411. The van der Waals surface area contributed by atoms with Gasteiger partial charge in [-0.3, -0.25) is 0 Å². The third-order valence-corrected chi connectivity index (χ3v) is 4.40. The average Bonchev–Trinajstić information content (AvgIpc) is 2.38. The third-order valence-electron chi connectivity index (χ3n) is 3.78. The largest absolute Gasteiger partial charge is 0.496 e. The van der Waals surface area contributed by atoms with Gasteiger partial charge in [0.25, 0.3) is 0 Å². The highest BCUT2D eigenvalue weighted by molar-refractivity contribution is 9.10. The molecule has 0 bridgehead atoms. The van der Waals surface area contributed by atoms with E-state index in [9.17, 15) is 0 Å². The first-order chi connectivity index (χ1) is 8.65. The molecular formula is C14H21BrN2O. The highest BCUT2D eigenvalue weighted by atomic mass is 79.9. The van der Waals surface area contributed by atoms with E-state index in [0.29, 0.717) is 12.0 Å². The number of hydrogen-bond donors (Lipinski definition) is 1. The molecule has 2 rings (SSSR count). The summed E-state index contributed by atoms with van der Waals surface area (Å²) in [6.07, 6.45) is 1.20. The highest BCUT2D eigenvalue weighted by Crippen LogP contribution is 2.31. The first kappa shape index (κ1) is 13.7. The van der Waals surface area contributed by atoms with Gasteiger partial charge >= 0.3 is 0 Å². The quantitative estimate of drug-likeness (QED) is 0.929. The second-order valence-corrected chi connectivity index (χ2v) is 5.78. The molecule has 1 saturated heterocycles. The van der Waals surface area contributed by atoms with E-state index in [-0.39, 0.29) is 0 Å². The maximum absolute atomic E-state index is 5.27. The Morgan fingerprint density at radius 1 is 1.44 bits per heavy atom. The SMILES string of the molecule is CNC1CCN(c2ccc(OC)c(Br)c2)CC1C. The molecule has 1 fully saturated rings. The number of benzene rings is 1. The molecule has 2 unspecified atom stereocenters. The number of anilines is 1. The van der Waals surface area contributed by atoms with Crippen LogP contribution < -0.4 is 15.0 Å². The van der Waals surface area contributed by atoms with Crippen LogP contribution in [0.5, 0.6) is 5.75 Å². The molecule has 18 heavy (non-hydrogen) atoms. The fourth-order valence-corrected chi connectivity index (χ4v) is 3.19. The Morgan fingerprint density at radius 2 is 2.22 bits per heavy atom. The molecule has 0 aliphatic carbocycles. The number of piperidine rings is 1. The van der Waals surface area contributed by atoms with Gasteiger partial charge in [0, 0.05) is 24.8 Å². The Kier molecular flexibility index (Phi) is 4.51. The maximum Gasteiger partial charge on any atom is 0.133 e. The first-order valence-electron chi connectivity index (χ1n) is 6.41. The van der Waals surface area contributed by atoms with Gasteiger partial charge in [-0.05, 0) is 53.5 Å². The summed E-state index contributed by atoms with van der Waals surface area (Å²) in [6, 6.07) is 6.94. The Hall–Kier alpha value is -0.740. The van der Waals surface area contributed by atoms with E-state index >= 15 is 0 Å². The lowest BCUT2D eigenvalue weighted by Gasteiger charge is -2.38. The summed E-state index contributed by atoms with van der Waals surface area (Å²) in [6.45, 7) is 4.52. The van der Waals surface area contributed by atoms with Crippen molar-refractivity contribution in [2.24, 2.45) is 5.92 Å². The minimum absolute atomic E-state index is 0.642. The predicted octanol–water partition coefficient (Wildman–Crippen LogP) is 2.89. The molecule has 4 heteroatoms. The normalized spacial score (nSPS) is 24.1. The zero-order valence-corrected chi connectivity index (χ0v) is 12.8. The fourth-order valence-electron chi connectivity index (χ4n) is 2.66. The van der Waals surface area contributed by atoms with E-state index in [0.717, 1.165) is 23.3 Å². The van der Waals surface area contributed by atoms with E-state index in [1.54, 1.807) is 7.11 Å². The molecule has 2 atom stereocenters. The molecule has 0 aromatic heterocycles. The molecule has 0 spiro atoms. The summed E-state index contributed by atoms with van der Waals surface area (Å²) in [7, 11) is 3.75. The van der Waals surface area contributed by atoms with Gasteiger partial charge in [-0.1, -0.05) is 6.92 Å². The molecule has 1 aromatic rings. The van der Waals surface area contributed by atoms with E-state index in [1.807, 2.05) is 6.07 Å². The highest BCUT2D eigenvalue weighted by Gasteiger charge is 2.25. The van der Waals surface area contributed by atoms with Crippen molar-refractivity contribution in [1.82, 2.24) is 5.32 Å². The lowest BCUT2D eigenvalue weighted by atomic mass is 9.93. The van der Waals surface area contributed by atoms with Crippen molar-refractivity contribution in [3.63, 3.8) is 0 Å². The molecule has 1 aliphatic heterocycles. The Morgan fingerprint density at radius 3 is 2.78 bits per heavy atom. The number of hydrogen-bond acceptors (Lipinski definition) is 3. The van der Waals surface area contributed by atoms with Crippen LogP contribution in [0.3, 0.4) is 0 Å². The van der Waals surface area contributed by atoms with Gasteiger partial charge < -0.3 is 15.0 Å². The topological polar surface area (TPSA) is 24.5 Å². The van der Waals surface area contributed by atoms with Gasteiger partial charge in [-0.2, -0.15) is 0 Å². The Balaban J connectivity index is 2.11.